The van der Waals surface area contributed by atoms with Gasteiger partial charge in [0, 0.05) is 44.3 Å². The topological polar surface area (TPSA) is 70.4 Å². The second kappa shape index (κ2) is 12.0. The van der Waals surface area contributed by atoms with Gasteiger partial charge in [-0.1, -0.05) is 6.92 Å². The van der Waals surface area contributed by atoms with E-state index >= 15 is 0 Å². The monoisotopic (exact) mass is 497 g/mol. The van der Waals surface area contributed by atoms with Gasteiger partial charge in [-0.25, -0.2) is 14.7 Å². The van der Waals surface area contributed by atoms with Gasteiger partial charge in [-0.2, -0.15) is 5.10 Å². The molecule has 3 heterocycles. The van der Waals surface area contributed by atoms with E-state index in [1.807, 2.05) is 30.6 Å². The van der Waals surface area contributed by atoms with Crippen molar-refractivity contribution in [1.29, 1.82) is 0 Å². The van der Waals surface area contributed by atoms with Crippen LogP contribution in [0.1, 0.15) is 38.7 Å². The predicted octanol–water partition coefficient (Wildman–Crippen LogP) is 2.81. The Morgan fingerprint density at radius 1 is 1.25 bits per heavy atom. The molecule has 7 nitrogen and oxygen atoms in total. The maximum absolute atomic E-state index is 4.78. The van der Waals surface area contributed by atoms with Crippen molar-refractivity contribution in [3.05, 3.63) is 42.4 Å². The first-order chi connectivity index (χ1) is 13.3. The number of piperidine rings is 1. The van der Waals surface area contributed by atoms with Crippen molar-refractivity contribution < 1.29 is 0 Å². The number of hydrogen-bond acceptors (Lipinski definition) is 4. The maximum Gasteiger partial charge on any atom is 0.191 e. The van der Waals surface area contributed by atoms with Crippen LogP contribution in [0.2, 0.25) is 0 Å². The Hall–Kier alpha value is -1.68. The Balaban J connectivity index is 0.00000280. The molecule has 1 saturated heterocycles. The third kappa shape index (κ3) is 6.73. The van der Waals surface area contributed by atoms with E-state index < -0.39 is 0 Å². The van der Waals surface area contributed by atoms with Crippen LogP contribution in [-0.2, 0) is 6.54 Å². The van der Waals surface area contributed by atoms with E-state index in [1.54, 1.807) is 10.9 Å². The van der Waals surface area contributed by atoms with Crippen LogP contribution < -0.4 is 10.6 Å². The van der Waals surface area contributed by atoms with E-state index in [-0.39, 0.29) is 24.0 Å². The molecular weight excluding hydrogens is 465 g/mol. The summed E-state index contributed by atoms with van der Waals surface area (Å²) in [6.45, 7) is 9.36. The Morgan fingerprint density at radius 2 is 2.07 bits per heavy atom. The van der Waals surface area contributed by atoms with Crippen LogP contribution in [0.5, 0.6) is 0 Å². The average molecular weight is 497 g/mol. The fraction of sp³-hybridized carbons (Fsp3) is 0.550. The van der Waals surface area contributed by atoms with Gasteiger partial charge in [0.25, 0.3) is 0 Å². The van der Waals surface area contributed by atoms with Crippen molar-refractivity contribution >= 4 is 29.9 Å². The zero-order chi connectivity index (χ0) is 18.9. The summed E-state index contributed by atoms with van der Waals surface area (Å²) < 4.78 is 1.76. The minimum atomic E-state index is 0. The van der Waals surface area contributed by atoms with Gasteiger partial charge in [0.15, 0.2) is 11.8 Å². The number of nitrogens with zero attached hydrogens (tertiary/aromatic N) is 5. The molecule has 8 heteroatoms. The number of rotatable bonds is 7. The number of halogens is 1. The zero-order valence-electron chi connectivity index (χ0n) is 16.8. The van der Waals surface area contributed by atoms with Crippen molar-refractivity contribution in [2.45, 2.75) is 45.7 Å². The molecule has 3 rings (SSSR count). The summed E-state index contributed by atoms with van der Waals surface area (Å²) >= 11 is 0. The molecule has 0 saturated carbocycles. The molecule has 2 aromatic heterocycles. The third-order valence-corrected chi connectivity index (χ3v) is 4.78. The number of likely N-dealkylation sites (tertiary alicyclic amines) is 1. The fourth-order valence-corrected chi connectivity index (χ4v) is 3.39. The second-order valence-electron chi connectivity index (χ2n) is 6.93. The molecular formula is C20H32IN7. The minimum absolute atomic E-state index is 0. The van der Waals surface area contributed by atoms with E-state index in [9.17, 15) is 0 Å². The number of pyridine rings is 1. The largest absolute Gasteiger partial charge is 0.357 e. The Kier molecular flexibility index (Phi) is 9.69. The summed E-state index contributed by atoms with van der Waals surface area (Å²) in [7, 11) is 0. The number of nitrogens with one attached hydrogen (secondary N) is 2. The molecule has 0 bridgehead atoms. The number of aromatic nitrogens is 3. The molecule has 0 amide bonds. The van der Waals surface area contributed by atoms with Crippen LogP contribution in [0, 0.1) is 0 Å². The van der Waals surface area contributed by atoms with E-state index in [4.69, 9.17) is 4.99 Å². The van der Waals surface area contributed by atoms with Gasteiger partial charge in [0.2, 0.25) is 0 Å². The van der Waals surface area contributed by atoms with Gasteiger partial charge >= 0.3 is 0 Å². The lowest BCUT2D eigenvalue weighted by Gasteiger charge is -2.32. The van der Waals surface area contributed by atoms with Crippen LogP contribution in [0.4, 0.5) is 0 Å². The maximum atomic E-state index is 4.78. The van der Waals surface area contributed by atoms with Gasteiger partial charge in [0.05, 0.1) is 6.54 Å². The normalized spacial score (nSPS) is 15.9. The highest BCUT2D eigenvalue weighted by Crippen LogP contribution is 2.11. The smallest absolute Gasteiger partial charge is 0.191 e. The summed E-state index contributed by atoms with van der Waals surface area (Å²) in [5.74, 6) is 1.71. The Labute approximate surface area is 185 Å². The Morgan fingerprint density at radius 3 is 2.75 bits per heavy atom. The van der Waals surface area contributed by atoms with Crippen molar-refractivity contribution in [1.82, 2.24) is 30.3 Å². The minimum Gasteiger partial charge on any atom is -0.357 e. The van der Waals surface area contributed by atoms with Crippen LogP contribution in [0.15, 0.2) is 41.8 Å². The summed E-state index contributed by atoms with van der Waals surface area (Å²) in [5.41, 5.74) is 1.12. The number of aliphatic imine (C=N–C) groups is 1. The first-order valence-corrected chi connectivity index (χ1v) is 10.0. The third-order valence-electron chi connectivity index (χ3n) is 4.78. The van der Waals surface area contributed by atoms with Gasteiger partial charge < -0.3 is 15.5 Å². The van der Waals surface area contributed by atoms with E-state index in [1.165, 1.54) is 38.9 Å². The molecule has 0 unspecified atom stereocenters. The first kappa shape index (κ1) is 22.6. The molecule has 0 aromatic carbocycles. The molecule has 0 radical (unpaired) electrons. The lowest BCUT2D eigenvalue weighted by atomic mass is 10.1. The summed E-state index contributed by atoms with van der Waals surface area (Å²) in [4.78, 5) is 11.7. The molecule has 2 aromatic rings. The lowest BCUT2D eigenvalue weighted by Crippen LogP contribution is -2.48. The van der Waals surface area contributed by atoms with E-state index in [0.29, 0.717) is 12.6 Å². The zero-order valence-corrected chi connectivity index (χ0v) is 19.2. The van der Waals surface area contributed by atoms with Gasteiger partial charge in [-0.3, -0.25) is 0 Å². The van der Waals surface area contributed by atoms with Crippen molar-refractivity contribution in [2.24, 2.45) is 4.99 Å². The average Bonchev–Trinajstić information content (AvgIpc) is 3.23. The molecule has 1 aliphatic heterocycles. The summed E-state index contributed by atoms with van der Waals surface area (Å²) in [5, 5.41) is 11.2. The van der Waals surface area contributed by atoms with Crippen molar-refractivity contribution in [3.8, 4) is 5.82 Å². The second-order valence-corrected chi connectivity index (χ2v) is 6.93. The highest BCUT2D eigenvalue weighted by molar-refractivity contribution is 14.0. The molecule has 28 heavy (non-hydrogen) atoms. The fourth-order valence-electron chi connectivity index (χ4n) is 3.39. The lowest BCUT2D eigenvalue weighted by molar-refractivity contribution is 0.206. The van der Waals surface area contributed by atoms with Crippen molar-refractivity contribution in [3.63, 3.8) is 0 Å². The highest BCUT2D eigenvalue weighted by atomic mass is 127. The molecule has 0 spiro atoms. The first-order valence-electron chi connectivity index (χ1n) is 10.0. The summed E-state index contributed by atoms with van der Waals surface area (Å²) in [6.07, 6.45) is 9.03. The van der Waals surface area contributed by atoms with Crippen LogP contribution in [0.3, 0.4) is 0 Å². The van der Waals surface area contributed by atoms with E-state index in [0.717, 1.165) is 23.9 Å². The number of hydrogen-bond donors (Lipinski definition) is 2. The van der Waals surface area contributed by atoms with Gasteiger partial charge in [0.1, 0.15) is 0 Å². The summed E-state index contributed by atoms with van der Waals surface area (Å²) in [6, 6.07) is 6.42. The predicted molar refractivity (Wildman–Crippen MR) is 124 cm³/mol. The quantitative estimate of drug-likeness (QED) is 0.350. The van der Waals surface area contributed by atoms with Crippen LogP contribution >= 0.6 is 24.0 Å². The van der Waals surface area contributed by atoms with Crippen molar-refractivity contribution in [2.75, 3.05) is 26.2 Å². The van der Waals surface area contributed by atoms with Gasteiger partial charge in [-0.05, 0) is 56.5 Å². The molecule has 1 aliphatic rings. The Bertz CT molecular complexity index is 709. The molecule has 0 aliphatic carbocycles. The molecule has 2 N–H and O–H groups in total. The number of guanidine groups is 1. The van der Waals surface area contributed by atoms with E-state index in [2.05, 4.69) is 39.5 Å². The molecule has 1 fully saturated rings. The van der Waals surface area contributed by atoms with Gasteiger partial charge in [-0.15, -0.1) is 24.0 Å². The SMILES string of the molecule is CCCN1CCC(NC(=NCc2ccnc(-n3cccn3)c2)NCC)CC1.I. The van der Waals surface area contributed by atoms with Crippen LogP contribution in [0.25, 0.3) is 5.82 Å². The highest BCUT2D eigenvalue weighted by Gasteiger charge is 2.19. The van der Waals surface area contributed by atoms with Crippen LogP contribution in [-0.4, -0.2) is 57.8 Å². The molecule has 154 valence electrons. The molecule has 0 atom stereocenters. The standard InChI is InChI=1S/C20H31N7.HI/c1-3-11-26-13-7-18(8-14-26)25-20(21-4-2)23-16-17-6-10-22-19(15-17)27-12-5-9-24-27;/h5-6,9-10,12,15,18H,3-4,7-8,11,13-14,16H2,1-2H3,(H2,21,23,25);1H.